The van der Waals surface area contributed by atoms with Gasteiger partial charge < -0.3 is 10.3 Å². The highest BCUT2D eigenvalue weighted by molar-refractivity contribution is 7.99. The Morgan fingerprint density at radius 1 is 1.17 bits per heavy atom. The zero-order valence-electron chi connectivity index (χ0n) is 14.5. The van der Waals surface area contributed by atoms with E-state index in [2.05, 4.69) is 24.0 Å². The number of thioether (sulfide) groups is 1. The number of aromatic nitrogens is 4. The maximum atomic E-state index is 12.6. The molecule has 0 aliphatic heterocycles. The molecule has 0 radical (unpaired) electrons. The molecular weight excluding hydrogens is 446 g/mol. The third-order valence-electron chi connectivity index (χ3n) is 4.11. The molecular formula is C18H11N5O2S4. The molecule has 0 fully saturated rings. The molecule has 7 nitrogen and oxygen atoms in total. The zero-order valence-corrected chi connectivity index (χ0v) is 17.8. The largest absolute Gasteiger partial charge is 0.323 e. The van der Waals surface area contributed by atoms with E-state index in [0.29, 0.717) is 26.6 Å². The van der Waals surface area contributed by atoms with Crippen LogP contribution in [-0.4, -0.2) is 30.4 Å². The number of rotatable bonds is 5. The number of fused-ring (bicyclic) bond motifs is 2. The van der Waals surface area contributed by atoms with Crippen LogP contribution in [0.3, 0.4) is 0 Å². The zero-order chi connectivity index (χ0) is 19.8. The van der Waals surface area contributed by atoms with Crippen LogP contribution in [0.15, 0.2) is 51.0 Å². The number of carbonyl (C=O) groups excluding carboxylic acids is 1. The van der Waals surface area contributed by atoms with Crippen LogP contribution in [0.4, 0.5) is 5.69 Å². The van der Waals surface area contributed by atoms with Crippen LogP contribution in [0.2, 0.25) is 0 Å². The van der Waals surface area contributed by atoms with Crippen LogP contribution in [0.1, 0.15) is 0 Å². The molecule has 0 saturated heterocycles. The van der Waals surface area contributed by atoms with Gasteiger partial charge in [-0.3, -0.25) is 9.59 Å². The van der Waals surface area contributed by atoms with Crippen LogP contribution in [-0.2, 0) is 4.79 Å². The van der Waals surface area contributed by atoms with Gasteiger partial charge in [0.25, 0.3) is 5.56 Å². The van der Waals surface area contributed by atoms with Crippen molar-refractivity contribution in [3.63, 3.8) is 0 Å². The van der Waals surface area contributed by atoms with Gasteiger partial charge in [-0.15, -0.1) is 22.7 Å². The van der Waals surface area contributed by atoms with Crippen molar-refractivity contribution in [3.8, 4) is 10.4 Å². The highest BCUT2D eigenvalue weighted by Gasteiger charge is 2.15. The summed E-state index contributed by atoms with van der Waals surface area (Å²) in [5.74, 6) is -0.0883. The standard InChI is InChI=1S/C18H11N5O2S4/c24-13(19-10-3-1-4-11-15(10)23-29-22-11)8-28-18-20-16(25)14-9(7-27-17(14)21-18)12-5-2-6-26-12/h1-7H,8H2,(H,19,24)(H,20,21,25). The lowest BCUT2D eigenvalue weighted by Gasteiger charge is -2.05. The van der Waals surface area contributed by atoms with Crippen LogP contribution < -0.4 is 10.9 Å². The highest BCUT2D eigenvalue weighted by Crippen LogP contribution is 2.34. The molecule has 11 heteroatoms. The predicted molar refractivity (Wildman–Crippen MR) is 120 cm³/mol. The van der Waals surface area contributed by atoms with E-state index in [1.165, 1.54) is 23.1 Å². The summed E-state index contributed by atoms with van der Waals surface area (Å²) in [5, 5.41) is 7.78. The van der Waals surface area contributed by atoms with E-state index < -0.39 is 0 Å². The van der Waals surface area contributed by atoms with Gasteiger partial charge in [-0.2, -0.15) is 8.75 Å². The Morgan fingerprint density at radius 3 is 2.97 bits per heavy atom. The lowest BCUT2D eigenvalue weighted by molar-refractivity contribution is -0.113. The molecule has 144 valence electrons. The smallest absolute Gasteiger partial charge is 0.260 e. The van der Waals surface area contributed by atoms with E-state index >= 15 is 0 Å². The molecule has 5 rings (SSSR count). The Hall–Kier alpha value is -2.60. The van der Waals surface area contributed by atoms with E-state index in [1.807, 2.05) is 35.0 Å². The molecule has 0 aliphatic rings. The van der Waals surface area contributed by atoms with E-state index in [4.69, 9.17) is 0 Å². The quantitative estimate of drug-likeness (QED) is 0.299. The molecule has 0 unspecified atom stereocenters. The van der Waals surface area contributed by atoms with Gasteiger partial charge in [0.2, 0.25) is 5.91 Å². The van der Waals surface area contributed by atoms with Gasteiger partial charge in [0, 0.05) is 15.8 Å². The number of hydrogen-bond donors (Lipinski definition) is 2. The van der Waals surface area contributed by atoms with Crippen LogP contribution in [0.5, 0.6) is 0 Å². The molecule has 2 N–H and O–H groups in total. The lowest BCUT2D eigenvalue weighted by atomic mass is 10.2. The second-order valence-corrected chi connectivity index (χ2v) is 9.25. The molecule has 1 amide bonds. The molecule has 0 spiro atoms. The number of H-pyrrole nitrogens is 1. The highest BCUT2D eigenvalue weighted by atomic mass is 32.2. The van der Waals surface area contributed by atoms with Gasteiger partial charge >= 0.3 is 0 Å². The number of carbonyl (C=O) groups is 1. The van der Waals surface area contributed by atoms with E-state index in [-0.39, 0.29) is 17.2 Å². The summed E-state index contributed by atoms with van der Waals surface area (Å²) in [5.41, 5.74) is 2.74. The summed E-state index contributed by atoms with van der Waals surface area (Å²) in [6.07, 6.45) is 0. The maximum absolute atomic E-state index is 12.6. The number of thiophene rings is 2. The van der Waals surface area contributed by atoms with Crippen LogP contribution >= 0.6 is 46.2 Å². The summed E-state index contributed by atoms with van der Waals surface area (Å²) < 4.78 is 8.38. The molecule has 0 bridgehead atoms. The molecule has 0 saturated carbocycles. The number of aromatic amines is 1. The van der Waals surface area contributed by atoms with Gasteiger partial charge in [0.1, 0.15) is 15.9 Å². The first kappa shape index (κ1) is 18.4. The van der Waals surface area contributed by atoms with Crippen LogP contribution in [0, 0.1) is 0 Å². The van der Waals surface area contributed by atoms with Crippen molar-refractivity contribution in [1.29, 1.82) is 0 Å². The number of benzene rings is 1. The fourth-order valence-corrected chi connectivity index (χ4v) is 5.87. The topological polar surface area (TPSA) is 101 Å². The van der Waals surface area contributed by atoms with Gasteiger partial charge in [-0.05, 0) is 23.6 Å². The molecule has 4 heterocycles. The average molecular weight is 458 g/mol. The number of hydrogen-bond acceptors (Lipinski definition) is 9. The molecule has 1 aromatic carbocycles. The van der Waals surface area contributed by atoms with E-state index in [9.17, 15) is 9.59 Å². The normalized spacial score (nSPS) is 11.3. The second kappa shape index (κ2) is 7.67. The lowest BCUT2D eigenvalue weighted by Crippen LogP contribution is -2.15. The Morgan fingerprint density at radius 2 is 2.10 bits per heavy atom. The number of anilines is 1. The Bertz CT molecular complexity index is 1390. The molecule has 5 aromatic rings. The van der Waals surface area contributed by atoms with Crippen molar-refractivity contribution >= 4 is 79.0 Å². The fourth-order valence-electron chi connectivity index (χ4n) is 2.84. The maximum Gasteiger partial charge on any atom is 0.260 e. The van der Waals surface area contributed by atoms with Gasteiger partial charge in [0.05, 0.1) is 28.6 Å². The first-order chi connectivity index (χ1) is 14.2. The molecule has 0 aliphatic carbocycles. The third-order valence-corrected chi connectivity index (χ3v) is 7.30. The van der Waals surface area contributed by atoms with Gasteiger partial charge in [0.15, 0.2) is 5.16 Å². The minimum atomic E-state index is -0.205. The predicted octanol–water partition coefficient (Wildman–Crippen LogP) is 4.45. The van der Waals surface area contributed by atoms with Crippen molar-refractivity contribution in [2.24, 2.45) is 0 Å². The van der Waals surface area contributed by atoms with Crippen molar-refractivity contribution in [3.05, 3.63) is 51.4 Å². The minimum Gasteiger partial charge on any atom is -0.323 e. The number of nitrogens with one attached hydrogen (secondary N) is 2. The first-order valence-electron chi connectivity index (χ1n) is 8.38. The van der Waals surface area contributed by atoms with Crippen molar-refractivity contribution in [2.75, 3.05) is 11.1 Å². The van der Waals surface area contributed by atoms with Crippen molar-refractivity contribution in [1.82, 2.24) is 18.7 Å². The molecule has 4 aromatic heterocycles. The third kappa shape index (κ3) is 3.57. The molecule has 0 atom stereocenters. The Labute approximate surface area is 180 Å². The summed E-state index contributed by atoms with van der Waals surface area (Å²) in [6, 6.07) is 9.39. The fraction of sp³-hybridized carbons (Fsp3) is 0.0556. The Kier molecular flexibility index (Phi) is 4.87. The first-order valence-corrected chi connectivity index (χ1v) is 11.9. The monoisotopic (exact) mass is 457 g/mol. The molecule has 29 heavy (non-hydrogen) atoms. The van der Waals surface area contributed by atoms with Gasteiger partial charge in [-0.1, -0.05) is 23.9 Å². The van der Waals surface area contributed by atoms with E-state index in [1.54, 1.807) is 17.4 Å². The summed E-state index contributed by atoms with van der Waals surface area (Å²) in [6.45, 7) is 0. The number of nitrogens with zero attached hydrogens (tertiary/aromatic N) is 3. The van der Waals surface area contributed by atoms with Crippen LogP contribution in [0.25, 0.3) is 31.7 Å². The summed E-state index contributed by atoms with van der Waals surface area (Å²) in [7, 11) is 0. The van der Waals surface area contributed by atoms with Crippen molar-refractivity contribution in [2.45, 2.75) is 5.16 Å². The van der Waals surface area contributed by atoms with E-state index in [0.717, 1.165) is 27.7 Å². The SMILES string of the molecule is O=C(CSc1nc2scc(-c3cccs3)c2c(=O)[nH]1)Nc1cccc2nsnc12. The van der Waals surface area contributed by atoms with Crippen molar-refractivity contribution < 1.29 is 4.79 Å². The summed E-state index contributed by atoms with van der Waals surface area (Å²) in [4.78, 5) is 34.0. The summed E-state index contributed by atoms with van der Waals surface area (Å²) >= 11 is 5.30. The van der Waals surface area contributed by atoms with Gasteiger partial charge in [-0.25, -0.2) is 4.98 Å². The number of amides is 1. The average Bonchev–Trinajstić information content (AvgIpc) is 3.45. The Balaban J connectivity index is 1.34. The minimum absolute atomic E-state index is 0.117. The second-order valence-electron chi connectivity index (χ2n) is 5.95.